The van der Waals surface area contributed by atoms with Crippen molar-refractivity contribution in [3.05, 3.63) is 29.6 Å². The van der Waals surface area contributed by atoms with Crippen LogP contribution in [-0.2, 0) is 6.54 Å². The van der Waals surface area contributed by atoms with Crippen LogP contribution in [0.15, 0.2) is 18.3 Å². The van der Waals surface area contributed by atoms with Gasteiger partial charge in [-0.15, -0.1) is 0 Å². The van der Waals surface area contributed by atoms with Gasteiger partial charge in [-0.1, -0.05) is 12.5 Å². The van der Waals surface area contributed by atoms with Crippen molar-refractivity contribution < 1.29 is 0 Å². The molecule has 1 aromatic rings. The van der Waals surface area contributed by atoms with Crippen molar-refractivity contribution in [1.82, 2.24) is 15.2 Å². The molecule has 3 heterocycles. The maximum absolute atomic E-state index is 4.65. The summed E-state index contributed by atoms with van der Waals surface area (Å²) in [7, 11) is 0. The topological polar surface area (TPSA) is 28.2 Å². The third-order valence-electron chi connectivity index (χ3n) is 4.21. The lowest BCUT2D eigenvalue weighted by Crippen LogP contribution is -2.29. The third kappa shape index (κ3) is 2.90. The molecular weight excluding hydrogens is 222 g/mol. The molecule has 2 fully saturated rings. The molecule has 0 bridgehead atoms. The fourth-order valence-electron chi connectivity index (χ4n) is 3.06. The summed E-state index contributed by atoms with van der Waals surface area (Å²) in [6.45, 7) is 5.79. The molecule has 1 atom stereocenters. The molecule has 2 aliphatic heterocycles. The Morgan fingerprint density at radius 2 is 2.11 bits per heavy atom. The average Bonchev–Trinajstić information content (AvgIpc) is 2.95. The van der Waals surface area contributed by atoms with E-state index in [1.807, 2.05) is 0 Å². The summed E-state index contributed by atoms with van der Waals surface area (Å²) in [6.07, 6.45) is 7.46. The van der Waals surface area contributed by atoms with E-state index in [9.17, 15) is 0 Å². The summed E-state index contributed by atoms with van der Waals surface area (Å²) < 4.78 is 0. The largest absolute Gasteiger partial charge is 0.316 e. The predicted molar refractivity (Wildman–Crippen MR) is 73.6 cm³/mol. The first-order valence-electron chi connectivity index (χ1n) is 7.30. The van der Waals surface area contributed by atoms with Crippen LogP contribution >= 0.6 is 0 Å². The van der Waals surface area contributed by atoms with Gasteiger partial charge in [-0.05, 0) is 56.4 Å². The van der Waals surface area contributed by atoms with Crippen molar-refractivity contribution in [2.75, 3.05) is 26.2 Å². The Bertz CT molecular complexity index is 362. The van der Waals surface area contributed by atoms with E-state index >= 15 is 0 Å². The molecule has 0 amide bonds. The number of hydrogen-bond acceptors (Lipinski definition) is 3. The molecule has 0 radical (unpaired) electrons. The first-order chi connectivity index (χ1) is 8.92. The van der Waals surface area contributed by atoms with E-state index in [4.69, 9.17) is 0 Å². The molecule has 0 aromatic carbocycles. The smallest absolute Gasteiger partial charge is 0.0544 e. The highest BCUT2D eigenvalue weighted by Gasteiger charge is 2.17. The highest BCUT2D eigenvalue weighted by atomic mass is 15.1. The average molecular weight is 245 g/mol. The molecular formula is C15H23N3. The summed E-state index contributed by atoms with van der Waals surface area (Å²) in [6, 6.07) is 4.51. The monoisotopic (exact) mass is 245 g/mol. The van der Waals surface area contributed by atoms with E-state index in [-0.39, 0.29) is 0 Å². The number of likely N-dealkylation sites (tertiary alicyclic amines) is 1. The number of nitrogens with zero attached hydrogens (tertiary/aromatic N) is 2. The van der Waals surface area contributed by atoms with Crippen LogP contribution in [0, 0.1) is 0 Å². The zero-order valence-electron chi connectivity index (χ0n) is 11.1. The number of aromatic nitrogens is 1. The van der Waals surface area contributed by atoms with Crippen LogP contribution in [0.1, 0.15) is 42.9 Å². The third-order valence-corrected chi connectivity index (χ3v) is 4.21. The van der Waals surface area contributed by atoms with Gasteiger partial charge in [0.25, 0.3) is 0 Å². The van der Waals surface area contributed by atoms with Gasteiger partial charge in [0, 0.05) is 19.3 Å². The van der Waals surface area contributed by atoms with Gasteiger partial charge in [-0.25, -0.2) is 0 Å². The number of nitrogens with one attached hydrogen (secondary N) is 1. The molecule has 1 N–H and O–H groups in total. The van der Waals surface area contributed by atoms with Crippen molar-refractivity contribution in [1.29, 1.82) is 0 Å². The molecule has 3 nitrogen and oxygen atoms in total. The first kappa shape index (κ1) is 12.1. The molecule has 0 aliphatic carbocycles. The van der Waals surface area contributed by atoms with Gasteiger partial charge in [0.2, 0.25) is 0 Å². The molecule has 0 spiro atoms. The van der Waals surface area contributed by atoms with Gasteiger partial charge < -0.3 is 5.32 Å². The minimum absolute atomic E-state index is 0.682. The normalized spacial score (nSPS) is 25.4. The van der Waals surface area contributed by atoms with Crippen molar-refractivity contribution >= 4 is 0 Å². The zero-order valence-corrected chi connectivity index (χ0v) is 11.1. The Kier molecular flexibility index (Phi) is 3.91. The maximum atomic E-state index is 4.65. The van der Waals surface area contributed by atoms with Crippen LogP contribution in [-0.4, -0.2) is 36.1 Å². The molecule has 3 rings (SSSR count). The van der Waals surface area contributed by atoms with Crippen LogP contribution in [0.4, 0.5) is 0 Å². The van der Waals surface area contributed by atoms with Gasteiger partial charge in [-0.2, -0.15) is 0 Å². The number of piperidine rings is 1. The van der Waals surface area contributed by atoms with Crippen LogP contribution in [0.5, 0.6) is 0 Å². The standard InChI is InChI=1S/C15H23N3/c1-2-8-18(9-3-1)12-15-5-4-13(11-17-15)14-6-7-16-10-14/h4-5,11,14,16H,1-3,6-10,12H2. The Labute approximate surface area is 110 Å². The van der Waals surface area contributed by atoms with Crippen LogP contribution in [0.25, 0.3) is 0 Å². The molecule has 3 heteroatoms. The quantitative estimate of drug-likeness (QED) is 0.884. The van der Waals surface area contributed by atoms with Crippen molar-refractivity contribution in [3.8, 4) is 0 Å². The van der Waals surface area contributed by atoms with E-state index < -0.39 is 0 Å². The molecule has 2 aliphatic rings. The summed E-state index contributed by atoms with van der Waals surface area (Å²) in [4.78, 5) is 7.18. The van der Waals surface area contributed by atoms with Crippen LogP contribution in [0.3, 0.4) is 0 Å². The molecule has 1 unspecified atom stereocenters. The van der Waals surface area contributed by atoms with Gasteiger partial charge in [-0.3, -0.25) is 9.88 Å². The maximum Gasteiger partial charge on any atom is 0.0544 e. The first-order valence-corrected chi connectivity index (χ1v) is 7.30. The summed E-state index contributed by atoms with van der Waals surface area (Å²) in [5, 5.41) is 3.42. The van der Waals surface area contributed by atoms with E-state index in [1.165, 1.54) is 50.0 Å². The Morgan fingerprint density at radius 1 is 1.22 bits per heavy atom. The second-order valence-corrected chi connectivity index (χ2v) is 5.61. The van der Waals surface area contributed by atoms with Gasteiger partial charge in [0.15, 0.2) is 0 Å². The van der Waals surface area contributed by atoms with Gasteiger partial charge in [0.05, 0.1) is 5.69 Å². The number of rotatable bonds is 3. The second-order valence-electron chi connectivity index (χ2n) is 5.61. The van der Waals surface area contributed by atoms with Crippen molar-refractivity contribution in [2.24, 2.45) is 0 Å². The fraction of sp³-hybridized carbons (Fsp3) is 0.667. The highest BCUT2D eigenvalue weighted by Crippen LogP contribution is 2.21. The molecule has 0 saturated carbocycles. The lowest BCUT2D eigenvalue weighted by molar-refractivity contribution is 0.218. The lowest BCUT2D eigenvalue weighted by Gasteiger charge is -2.26. The van der Waals surface area contributed by atoms with Crippen molar-refractivity contribution in [3.63, 3.8) is 0 Å². The Balaban J connectivity index is 1.59. The summed E-state index contributed by atoms with van der Waals surface area (Å²) >= 11 is 0. The lowest BCUT2D eigenvalue weighted by atomic mass is 10.0. The van der Waals surface area contributed by atoms with Gasteiger partial charge in [0.1, 0.15) is 0 Å². The summed E-state index contributed by atoms with van der Waals surface area (Å²) in [5.74, 6) is 0.682. The summed E-state index contributed by atoms with van der Waals surface area (Å²) in [5.41, 5.74) is 2.63. The fourth-order valence-corrected chi connectivity index (χ4v) is 3.06. The van der Waals surface area contributed by atoms with Crippen LogP contribution in [0.2, 0.25) is 0 Å². The van der Waals surface area contributed by atoms with Gasteiger partial charge >= 0.3 is 0 Å². The molecule has 98 valence electrons. The Hall–Kier alpha value is -0.930. The van der Waals surface area contributed by atoms with Crippen molar-refractivity contribution in [2.45, 2.75) is 38.1 Å². The van der Waals surface area contributed by atoms with Crippen LogP contribution < -0.4 is 5.32 Å². The van der Waals surface area contributed by atoms with E-state index in [0.29, 0.717) is 5.92 Å². The van der Waals surface area contributed by atoms with E-state index in [0.717, 1.165) is 19.6 Å². The molecule has 2 saturated heterocycles. The minimum atomic E-state index is 0.682. The number of hydrogen-bond donors (Lipinski definition) is 1. The number of pyridine rings is 1. The van der Waals surface area contributed by atoms with E-state index in [2.05, 4.69) is 33.5 Å². The Morgan fingerprint density at radius 3 is 2.78 bits per heavy atom. The SMILES string of the molecule is c1cc(CN2CCCCC2)ncc1C1CCNC1. The molecule has 18 heavy (non-hydrogen) atoms. The van der Waals surface area contributed by atoms with E-state index in [1.54, 1.807) is 0 Å². The second kappa shape index (κ2) is 5.81. The molecule has 1 aromatic heterocycles. The highest BCUT2D eigenvalue weighted by molar-refractivity contribution is 5.20. The predicted octanol–water partition coefficient (Wildman–Crippen LogP) is 2.14. The minimum Gasteiger partial charge on any atom is -0.316 e. The zero-order chi connectivity index (χ0) is 12.2.